The van der Waals surface area contributed by atoms with Crippen LogP contribution in [0.15, 0.2) is 24.1 Å². The summed E-state index contributed by atoms with van der Waals surface area (Å²) in [7, 11) is 0. The highest BCUT2D eigenvalue weighted by Crippen LogP contribution is 2.29. The van der Waals surface area contributed by atoms with Gasteiger partial charge in [-0.25, -0.2) is 15.0 Å². The van der Waals surface area contributed by atoms with Gasteiger partial charge in [0.2, 0.25) is 0 Å². The van der Waals surface area contributed by atoms with Crippen molar-refractivity contribution in [3.05, 3.63) is 29.9 Å². The van der Waals surface area contributed by atoms with Crippen LogP contribution in [0.4, 0.5) is 5.82 Å². The first-order valence-corrected chi connectivity index (χ1v) is 9.62. The molecule has 8 heteroatoms. The maximum absolute atomic E-state index is 4.72. The van der Waals surface area contributed by atoms with Gasteiger partial charge in [-0.3, -0.25) is 4.68 Å². The molecule has 132 valence electrons. The van der Waals surface area contributed by atoms with E-state index < -0.39 is 0 Å². The molecule has 3 aromatic heterocycles. The number of hydrogen-bond acceptors (Lipinski definition) is 7. The first-order valence-electron chi connectivity index (χ1n) is 8.74. The smallest absolute Gasteiger partial charge is 0.141 e. The molecule has 0 bridgehead atoms. The van der Waals surface area contributed by atoms with Crippen molar-refractivity contribution in [3.63, 3.8) is 0 Å². The van der Waals surface area contributed by atoms with Gasteiger partial charge in [0.1, 0.15) is 29.1 Å². The zero-order valence-electron chi connectivity index (χ0n) is 14.6. The third kappa shape index (κ3) is 3.64. The van der Waals surface area contributed by atoms with E-state index in [9.17, 15) is 0 Å². The van der Waals surface area contributed by atoms with Gasteiger partial charge >= 0.3 is 0 Å². The highest BCUT2D eigenvalue weighted by molar-refractivity contribution is 7.16. The Bertz CT molecular complexity index is 821. The van der Waals surface area contributed by atoms with E-state index in [2.05, 4.69) is 43.7 Å². The summed E-state index contributed by atoms with van der Waals surface area (Å²) in [5.41, 5.74) is 0. The molecule has 0 radical (unpaired) electrons. The second-order valence-electron chi connectivity index (χ2n) is 6.68. The molecule has 0 aliphatic carbocycles. The Kier molecular flexibility index (Phi) is 4.63. The number of nitrogens with zero attached hydrogens (tertiary/aromatic N) is 6. The minimum Gasteiger partial charge on any atom is -0.356 e. The molecule has 1 N–H and O–H groups in total. The van der Waals surface area contributed by atoms with E-state index in [1.807, 2.05) is 11.6 Å². The highest BCUT2D eigenvalue weighted by Gasteiger charge is 2.23. The van der Waals surface area contributed by atoms with Gasteiger partial charge in [-0.05, 0) is 38.1 Å². The Morgan fingerprint density at radius 3 is 2.92 bits per heavy atom. The molecule has 7 nitrogen and oxygen atoms in total. The summed E-state index contributed by atoms with van der Waals surface area (Å²) < 4.78 is 1.88. The van der Waals surface area contributed by atoms with Gasteiger partial charge in [0, 0.05) is 25.2 Å². The van der Waals surface area contributed by atoms with Crippen molar-refractivity contribution in [2.24, 2.45) is 0 Å². The second kappa shape index (κ2) is 7.05. The Labute approximate surface area is 151 Å². The van der Waals surface area contributed by atoms with E-state index in [4.69, 9.17) is 4.98 Å². The number of thiophene rings is 1. The Hall–Kier alpha value is -2.06. The van der Waals surface area contributed by atoms with Crippen molar-refractivity contribution in [2.75, 3.05) is 18.0 Å². The average molecular weight is 357 g/mol. The summed E-state index contributed by atoms with van der Waals surface area (Å²) in [6, 6.07) is 3.05. The summed E-state index contributed by atoms with van der Waals surface area (Å²) in [4.78, 5) is 16.7. The molecule has 0 aromatic carbocycles. The van der Waals surface area contributed by atoms with Crippen LogP contribution >= 0.6 is 11.3 Å². The fraction of sp³-hybridized carbons (Fsp3) is 0.529. The standard InChI is InChI=1S/C17H23N7S/c1-12(9-24-11-18-10-19-24)20-14-3-6-23(7-4-14)16-15-5-8-25-17(15)22-13(2)21-16/h5,8,10-12,14,20H,3-4,6-7,9H2,1-2H3. The number of aryl methyl sites for hydroxylation is 1. The predicted molar refractivity (Wildman–Crippen MR) is 100 cm³/mol. The van der Waals surface area contributed by atoms with E-state index in [1.54, 1.807) is 24.0 Å². The molecule has 1 aliphatic rings. The normalized spacial score (nSPS) is 17.3. The quantitative estimate of drug-likeness (QED) is 0.755. The molecule has 4 rings (SSSR count). The monoisotopic (exact) mass is 357 g/mol. The largest absolute Gasteiger partial charge is 0.356 e. The van der Waals surface area contributed by atoms with Gasteiger partial charge < -0.3 is 10.2 Å². The van der Waals surface area contributed by atoms with Gasteiger partial charge in [0.15, 0.2) is 0 Å². The van der Waals surface area contributed by atoms with Crippen LogP contribution in [0.1, 0.15) is 25.6 Å². The van der Waals surface area contributed by atoms with Gasteiger partial charge in [-0.15, -0.1) is 11.3 Å². The van der Waals surface area contributed by atoms with Crippen molar-refractivity contribution < 1.29 is 0 Å². The van der Waals surface area contributed by atoms with Gasteiger partial charge in [0.05, 0.1) is 11.9 Å². The maximum Gasteiger partial charge on any atom is 0.141 e. The average Bonchev–Trinajstić information content (AvgIpc) is 3.26. The number of aromatic nitrogens is 5. The van der Waals surface area contributed by atoms with Gasteiger partial charge in [-0.1, -0.05) is 0 Å². The van der Waals surface area contributed by atoms with Crippen LogP contribution in [0, 0.1) is 6.92 Å². The molecule has 1 unspecified atom stereocenters. The number of nitrogens with one attached hydrogen (secondary N) is 1. The minimum absolute atomic E-state index is 0.378. The molecule has 4 heterocycles. The topological polar surface area (TPSA) is 71.8 Å². The van der Waals surface area contributed by atoms with Crippen molar-refractivity contribution in [1.29, 1.82) is 0 Å². The molecule has 25 heavy (non-hydrogen) atoms. The Morgan fingerprint density at radius 1 is 1.32 bits per heavy atom. The summed E-state index contributed by atoms with van der Waals surface area (Å²) in [5.74, 6) is 1.95. The number of fused-ring (bicyclic) bond motifs is 1. The van der Waals surface area contributed by atoms with Crippen LogP contribution in [0.5, 0.6) is 0 Å². The van der Waals surface area contributed by atoms with Crippen LogP contribution < -0.4 is 10.2 Å². The Balaban J connectivity index is 1.37. The minimum atomic E-state index is 0.378. The highest BCUT2D eigenvalue weighted by atomic mass is 32.1. The number of rotatable bonds is 5. The molecule has 0 saturated carbocycles. The van der Waals surface area contributed by atoms with Gasteiger partial charge in [0.25, 0.3) is 0 Å². The maximum atomic E-state index is 4.72. The number of anilines is 1. The predicted octanol–water partition coefficient (Wildman–Crippen LogP) is 2.24. The van der Waals surface area contributed by atoms with Crippen molar-refractivity contribution in [1.82, 2.24) is 30.0 Å². The lowest BCUT2D eigenvalue weighted by Crippen LogP contribution is -2.46. The lowest BCUT2D eigenvalue weighted by molar-refractivity contribution is 0.347. The fourth-order valence-electron chi connectivity index (χ4n) is 3.51. The zero-order valence-corrected chi connectivity index (χ0v) is 15.4. The van der Waals surface area contributed by atoms with Crippen LogP contribution in [0.2, 0.25) is 0 Å². The van der Waals surface area contributed by atoms with Gasteiger partial charge in [-0.2, -0.15) is 5.10 Å². The molecule has 1 aliphatic heterocycles. The summed E-state index contributed by atoms with van der Waals surface area (Å²) in [5, 5.41) is 11.2. The van der Waals surface area contributed by atoms with Crippen molar-refractivity contribution in [3.8, 4) is 0 Å². The van der Waals surface area contributed by atoms with Crippen LogP contribution in [0.3, 0.4) is 0 Å². The molecular weight excluding hydrogens is 334 g/mol. The van der Waals surface area contributed by atoms with E-state index in [0.29, 0.717) is 12.1 Å². The van der Waals surface area contributed by atoms with E-state index in [1.165, 1.54) is 5.39 Å². The molecule has 1 atom stereocenters. The SMILES string of the molecule is Cc1nc(N2CCC(NC(C)Cn3cncn3)CC2)c2ccsc2n1. The third-order valence-electron chi connectivity index (χ3n) is 4.66. The number of hydrogen-bond donors (Lipinski definition) is 1. The van der Waals surface area contributed by atoms with E-state index in [0.717, 1.165) is 48.9 Å². The van der Waals surface area contributed by atoms with Crippen LogP contribution in [-0.2, 0) is 6.54 Å². The van der Waals surface area contributed by atoms with Crippen LogP contribution in [-0.4, -0.2) is 49.9 Å². The zero-order chi connectivity index (χ0) is 17.2. The summed E-state index contributed by atoms with van der Waals surface area (Å²) in [6.45, 7) is 7.07. The second-order valence-corrected chi connectivity index (χ2v) is 7.57. The van der Waals surface area contributed by atoms with E-state index >= 15 is 0 Å². The van der Waals surface area contributed by atoms with Crippen molar-refractivity contribution >= 4 is 27.4 Å². The number of piperidine rings is 1. The molecular formula is C17H23N7S. The first kappa shape index (κ1) is 16.4. The lowest BCUT2D eigenvalue weighted by Gasteiger charge is -2.35. The molecule has 0 spiro atoms. The fourth-order valence-corrected chi connectivity index (χ4v) is 4.31. The van der Waals surface area contributed by atoms with Crippen molar-refractivity contribution in [2.45, 2.75) is 45.3 Å². The lowest BCUT2D eigenvalue weighted by atomic mass is 10.0. The Morgan fingerprint density at radius 2 is 2.16 bits per heavy atom. The van der Waals surface area contributed by atoms with Crippen LogP contribution in [0.25, 0.3) is 10.2 Å². The molecule has 1 fully saturated rings. The summed E-state index contributed by atoms with van der Waals surface area (Å²) in [6.07, 6.45) is 5.59. The molecule has 0 amide bonds. The third-order valence-corrected chi connectivity index (χ3v) is 5.47. The van der Waals surface area contributed by atoms with E-state index in [-0.39, 0.29) is 0 Å². The first-order chi connectivity index (χ1) is 12.2. The summed E-state index contributed by atoms with van der Waals surface area (Å²) >= 11 is 1.69. The molecule has 3 aromatic rings. The molecule has 1 saturated heterocycles.